The number of carboxylic acid groups (broad SMARTS) is 1. The number of carbonyl (C=O) groups excluding carboxylic acids is 1. The average Bonchev–Trinajstić information content (AvgIpc) is 2.92. The number of amides is 1. The topological polar surface area (TPSA) is 106 Å². The SMILES string of the molecule is C=CC(=O)Nc1ccccc1-n1c(CC)nc2c(c(C)c(C)n2CC(=O)O)c1=O. The number of para-hydroxylation sites is 2. The van der Waals surface area contributed by atoms with E-state index < -0.39 is 11.9 Å². The molecule has 2 aromatic heterocycles. The molecule has 0 aliphatic heterocycles. The van der Waals surface area contributed by atoms with Crippen molar-refractivity contribution >= 4 is 28.6 Å². The minimum Gasteiger partial charge on any atom is -0.480 e. The van der Waals surface area contributed by atoms with Crippen LogP contribution >= 0.6 is 0 Å². The third-order valence-corrected chi connectivity index (χ3v) is 4.91. The molecule has 0 atom stereocenters. The molecule has 29 heavy (non-hydrogen) atoms. The number of carbonyl (C=O) groups is 2. The molecule has 3 rings (SSSR count). The molecule has 0 saturated heterocycles. The highest BCUT2D eigenvalue weighted by molar-refractivity contribution is 6.00. The predicted octanol–water partition coefficient (Wildman–Crippen LogP) is 2.58. The van der Waals surface area contributed by atoms with Crippen molar-refractivity contribution in [2.24, 2.45) is 0 Å². The summed E-state index contributed by atoms with van der Waals surface area (Å²) < 4.78 is 3.02. The van der Waals surface area contributed by atoms with Crippen molar-refractivity contribution in [2.45, 2.75) is 33.7 Å². The van der Waals surface area contributed by atoms with Crippen LogP contribution in [0.2, 0.25) is 0 Å². The van der Waals surface area contributed by atoms with Crippen LogP contribution in [0.25, 0.3) is 16.7 Å². The second kappa shape index (κ2) is 7.75. The van der Waals surface area contributed by atoms with Gasteiger partial charge in [0.15, 0.2) is 0 Å². The van der Waals surface area contributed by atoms with Crippen molar-refractivity contribution in [1.29, 1.82) is 0 Å². The van der Waals surface area contributed by atoms with Gasteiger partial charge in [-0.25, -0.2) is 4.98 Å². The van der Waals surface area contributed by atoms with E-state index in [2.05, 4.69) is 16.9 Å². The number of hydrogen-bond donors (Lipinski definition) is 2. The molecule has 1 amide bonds. The van der Waals surface area contributed by atoms with Gasteiger partial charge in [0.05, 0.1) is 16.8 Å². The van der Waals surface area contributed by atoms with Crippen molar-refractivity contribution in [3.8, 4) is 5.69 Å². The number of aliphatic carboxylic acids is 1. The Morgan fingerprint density at radius 2 is 1.97 bits per heavy atom. The quantitative estimate of drug-likeness (QED) is 0.625. The summed E-state index contributed by atoms with van der Waals surface area (Å²) in [5.74, 6) is -0.935. The number of anilines is 1. The Kier molecular flexibility index (Phi) is 5.36. The lowest BCUT2D eigenvalue weighted by molar-refractivity contribution is -0.137. The first-order valence-electron chi connectivity index (χ1n) is 9.16. The summed E-state index contributed by atoms with van der Waals surface area (Å²) in [6.07, 6.45) is 1.59. The van der Waals surface area contributed by atoms with E-state index in [-0.39, 0.29) is 12.1 Å². The van der Waals surface area contributed by atoms with E-state index in [0.717, 1.165) is 6.08 Å². The van der Waals surface area contributed by atoms with Crippen LogP contribution in [0.4, 0.5) is 5.69 Å². The Labute approximate surface area is 167 Å². The van der Waals surface area contributed by atoms with Gasteiger partial charge < -0.3 is 15.0 Å². The number of benzene rings is 1. The molecule has 0 aliphatic carbocycles. The minimum absolute atomic E-state index is 0.276. The maximum atomic E-state index is 13.5. The second-order valence-corrected chi connectivity index (χ2v) is 6.62. The lowest BCUT2D eigenvalue weighted by atomic mass is 10.2. The van der Waals surface area contributed by atoms with Gasteiger partial charge in [-0.3, -0.25) is 19.0 Å². The van der Waals surface area contributed by atoms with Crippen molar-refractivity contribution < 1.29 is 14.7 Å². The maximum Gasteiger partial charge on any atom is 0.323 e. The summed E-state index contributed by atoms with van der Waals surface area (Å²) in [6.45, 7) is 8.59. The Balaban J connectivity index is 2.37. The number of aryl methyl sites for hydroxylation is 2. The summed E-state index contributed by atoms with van der Waals surface area (Å²) in [5, 5.41) is 12.3. The molecule has 0 fully saturated rings. The first-order chi connectivity index (χ1) is 13.8. The highest BCUT2D eigenvalue weighted by atomic mass is 16.4. The van der Waals surface area contributed by atoms with Gasteiger partial charge in [0.25, 0.3) is 5.56 Å². The number of carboxylic acids is 1. The predicted molar refractivity (Wildman–Crippen MR) is 111 cm³/mol. The zero-order chi connectivity index (χ0) is 21.3. The van der Waals surface area contributed by atoms with Gasteiger partial charge in [-0.2, -0.15) is 0 Å². The van der Waals surface area contributed by atoms with Crippen LogP contribution in [0.1, 0.15) is 24.0 Å². The normalized spacial score (nSPS) is 10.9. The van der Waals surface area contributed by atoms with Crippen LogP contribution in [-0.4, -0.2) is 31.1 Å². The number of rotatable bonds is 6. The Morgan fingerprint density at radius 1 is 1.28 bits per heavy atom. The second-order valence-electron chi connectivity index (χ2n) is 6.62. The Bertz CT molecular complexity index is 1200. The largest absolute Gasteiger partial charge is 0.480 e. The zero-order valence-corrected chi connectivity index (χ0v) is 16.5. The molecule has 0 spiro atoms. The molecule has 0 aliphatic rings. The van der Waals surface area contributed by atoms with Crippen molar-refractivity contribution in [3.05, 3.63) is 64.4 Å². The Morgan fingerprint density at radius 3 is 2.59 bits per heavy atom. The first-order valence-corrected chi connectivity index (χ1v) is 9.16. The number of fused-ring (bicyclic) bond motifs is 1. The lowest BCUT2D eigenvalue weighted by Crippen LogP contribution is -2.25. The zero-order valence-electron chi connectivity index (χ0n) is 16.5. The molecule has 3 aromatic rings. The molecular formula is C21H22N4O4. The fourth-order valence-electron chi connectivity index (χ4n) is 3.39. The first kappa shape index (κ1) is 20.1. The van der Waals surface area contributed by atoms with Crippen LogP contribution < -0.4 is 10.9 Å². The lowest BCUT2D eigenvalue weighted by Gasteiger charge is -2.16. The van der Waals surface area contributed by atoms with Crippen LogP contribution in [-0.2, 0) is 22.6 Å². The number of nitrogens with one attached hydrogen (secondary N) is 1. The molecule has 2 heterocycles. The monoisotopic (exact) mass is 394 g/mol. The van der Waals surface area contributed by atoms with Gasteiger partial charge in [0, 0.05) is 12.1 Å². The van der Waals surface area contributed by atoms with Crippen LogP contribution in [0.5, 0.6) is 0 Å². The van der Waals surface area contributed by atoms with Gasteiger partial charge in [0.1, 0.15) is 18.0 Å². The molecule has 2 N–H and O–H groups in total. The molecule has 8 nitrogen and oxygen atoms in total. The standard InChI is InChI=1S/C21H22N4O4/c1-5-16-23-20-19(12(3)13(4)24(20)11-18(27)28)21(29)25(16)15-10-8-7-9-14(15)22-17(26)6-2/h6-10H,2,5,11H2,1,3-4H3,(H,22,26)(H,27,28). The summed E-state index contributed by atoms with van der Waals surface area (Å²) >= 11 is 0. The van der Waals surface area contributed by atoms with E-state index in [1.807, 2.05) is 6.92 Å². The molecule has 1 aromatic carbocycles. The van der Waals surface area contributed by atoms with Crippen LogP contribution in [0.3, 0.4) is 0 Å². The fourth-order valence-corrected chi connectivity index (χ4v) is 3.39. The van der Waals surface area contributed by atoms with Crippen molar-refractivity contribution in [1.82, 2.24) is 14.1 Å². The highest BCUT2D eigenvalue weighted by Gasteiger charge is 2.22. The molecule has 0 unspecified atom stereocenters. The van der Waals surface area contributed by atoms with Crippen LogP contribution in [0.15, 0.2) is 41.7 Å². The molecule has 150 valence electrons. The van der Waals surface area contributed by atoms with E-state index in [9.17, 15) is 19.5 Å². The smallest absolute Gasteiger partial charge is 0.323 e. The molecule has 0 radical (unpaired) electrons. The highest BCUT2D eigenvalue weighted by Crippen LogP contribution is 2.25. The average molecular weight is 394 g/mol. The van der Waals surface area contributed by atoms with E-state index in [1.165, 1.54) is 4.57 Å². The molecule has 8 heteroatoms. The van der Waals surface area contributed by atoms with Crippen LogP contribution in [0, 0.1) is 13.8 Å². The maximum absolute atomic E-state index is 13.5. The fraction of sp³-hybridized carbons (Fsp3) is 0.238. The number of hydrogen-bond acceptors (Lipinski definition) is 4. The molecular weight excluding hydrogens is 372 g/mol. The number of aromatic nitrogens is 3. The van der Waals surface area contributed by atoms with Gasteiger partial charge in [0.2, 0.25) is 5.91 Å². The van der Waals surface area contributed by atoms with Gasteiger partial charge >= 0.3 is 5.97 Å². The van der Waals surface area contributed by atoms with Crippen molar-refractivity contribution in [3.63, 3.8) is 0 Å². The van der Waals surface area contributed by atoms with E-state index in [1.54, 1.807) is 42.7 Å². The number of nitrogens with zero attached hydrogens (tertiary/aromatic N) is 3. The molecule has 0 saturated carbocycles. The summed E-state index contributed by atoms with van der Waals surface area (Å²) in [4.78, 5) is 41.3. The Hall–Kier alpha value is -3.68. The summed E-state index contributed by atoms with van der Waals surface area (Å²) in [5.41, 5.74) is 2.35. The van der Waals surface area contributed by atoms with Gasteiger partial charge in [-0.15, -0.1) is 0 Å². The third-order valence-electron chi connectivity index (χ3n) is 4.91. The summed E-state index contributed by atoms with van der Waals surface area (Å²) in [7, 11) is 0. The van der Waals surface area contributed by atoms with E-state index in [0.29, 0.717) is 45.9 Å². The van der Waals surface area contributed by atoms with Crippen molar-refractivity contribution in [2.75, 3.05) is 5.32 Å². The van der Waals surface area contributed by atoms with Gasteiger partial charge in [-0.1, -0.05) is 25.6 Å². The summed E-state index contributed by atoms with van der Waals surface area (Å²) in [6, 6.07) is 6.94. The molecule has 0 bridgehead atoms. The minimum atomic E-state index is -1.01. The van der Waals surface area contributed by atoms with Gasteiger partial charge in [-0.05, 0) is 37.6 Å². The van der Waals surface area contributed by atoms with E-state index >= 15 is 0 Å². The third kappa shape index (κ3) is 3.44. The van der Waals surface area contributed by atoms with E-state index in [4.69, 9.17) is 0 Å².